The summed E-state index contributed by atoms with van der Waals surface area (Å²) in [5.74, 6) is 0. The van der Waals surface area contributed by atoms with Crippen LogP contribution in [-0.2, 0) is 28.4 Å². The molecular formula is C13H22B2O6. The fourth-order valence-electron chi connectivity index (χ4n) is 2.68. The first kappa shape index (κ1) is 17.2. The SMILES string of the molecule is [B][C@H]1C[C@@H](OC)[C@@H](COCO[C@@H]2C[C@H]([B])O[C@@H]2COC)O1. The number of methoxy groups -OCH3 is 2. The molecule has 2 rings (SSSR count). The number of hydrogen-bond donors (Lipinski definition) is 0. The molecular weight excluding hydrogens is 274 g/mol. The van der Waals surface area contributed by atoms with Crippen molar-refractivity contribution in [3.63, 3.8) is 0 Å². The molecule has 8 heteroatoms. The zero-order chi connectivity index (χ0) is 15.2. The predicted molar refractivity (Wildman–Crippen MR) is 76.4 cm³/mol. The van der Waals surface area contributed by atoms with E-state index in [0.717, 1.165) is 0 Å². The third-order valence-electron chi connectivity index (χ3n) is 3.74. The van der Waals surface area contributed by atoms with Gasteiger partial charge in [-0.05, 0) is 12.8 Å². The van der Waals surface area contributed by atoms with Gasteiger partial charge in [-0.25, -0.2) is 0 Å². The predicted octanol–water partition coefficient (Wildman–Crippen LogP) is -0.426. The van der Waals surface area contributed by atoms with Crippen LogP contribution in [0.5, 0.6) is 0 Å². The van der Waals surface area contributed by atoms with Gasteiger partial charge in [0, 0.05) is 26.2 Å². The molecule has 6 nitrogen and oxygen atoms in total. The normalized spacial score (nSPS) is 39.9. The topological polar surface area (TPSA) is 55.4 Å². The Hall–Kier alpha value is -0.110. The van der Waals surface area contributed by atoms with Gasteiger partial charge in [-0.3, -0.25) is 0 Å². The van der Waals surface area contributed by atoms with Gasteiger partial charge in [0.15, 0.2) is 0 Å². The van der Waals surface area contributed by atoms with Gasteiger partial charge in [-0.2, -0.15) is 0 Å². The number of hydrogen-bond acceptors (Lipinski definition) is 6. The minimum Gasteiger partial charge on any atom is -0.382 e. The summed E-state index contributed by atoms with van der Waals surface area (Å²) in [4.78, 5) is 0. The maximum atomic E-state index is 5.75. The standard InChI is InChI=1S/C13H22B2O6/c1-16-5-10-9(4-13(15)20-10)19-7-18-6-11-8(17-2)3-12(14)21-11/h8-13H,3-7H2,1-2H3/t8-,9-,10-,11-,12-,13-/m1/s1. The Bertz CT molecular complexity index is 308. The lowest BCUT2D eigenvalue weighted by atomic mass is 9.96. The molecule has 6 atom stereocenters. The molecule has 21 heavy (non-hydrogen) atoms. The zero-order valence-corrected chi connectivity index (χ0v) is 12.6. The molecule has 116 valence electrons. The first-order chi connectivity index (χ1) is 10.1. The number of rotatable bonds is 8. The van der Waals surface area contributed by atoms with Crippen LogP contribution in [0.15, 0.2) is 0 Å². The van der Waals surface area contributed by atoms with Crippen molar-refractivity contribution in [2.75, 3.05) is 34.2 Å². The van der Waals surface area contributed by atoms with Crippen molar-refractivity contribution >= 4 is 15.7 Å². The molecule has 0 aromatic heterocycles. The monoisotopic (exact) mass is 296 g/mol. The highest BCUT2D eigenvalue weighted by Gasteiger charge is 2.34. The molecule has 0 aliphatic carbocycles. The van der Waals surface area contributed by atoms with Gasteiger partial charge >= 0.3 is 0 Å². The molecule has 2 saturated heterocycles. The lowest BCUT2D eigenvalue weighted by Gasteiger charge is -2.20. The van der Waals surface area contributed by atoms with E-state index in [1.165, 1.54) is 0 Å². The molecule has 0 spiro atoms. The molecule has 2 fully saturated rings. The second-order valence-corrected chi connectivity index (χ2v) is 5.32. The molecule has 2 aliphatic rings. The lowest BCUT2D eigenvalue weighted by Crippen LogP contribution is -2.32. The Labute approximate surface area is 128 Å². The van der Waals surface area contributed by atoms with E-state index in [0.29, 0.717) is 26.1 Å². The molecule has 0 aromatic carbocycles. The second kappa shape index (κ2) is 8.50. The molecule has 0 saturated carbocycles. The highest BCUT2D eigenvalue weighted by Crippen LogP contribution is 2.23. The van der Waals surface area contributed by atoms with Gasteiger partial charge in [-0.15, -0.1) is 0 Å². The summed E-state index contributed by atoms with van der Waals surface area (Å²) in [6, 6.07) is -0.610. The molecule has 2 heterocycles. The van der Waals surface area contributed by atoms with Gasteiger partial charge in [0.1, 0.15) is 34.7 Å². The highest BCUT2D eigenvalue weighted by atomic mass is 16.7. The maximum absolute atomic E-state index is 5.75. The Morgan fingerprint density at radius 2 is 1.57 bits per heavy atom. The van der Waals surface area contributed by atoms with Crippen molar-refractivity contribution in [1.29, 1.82) is 0 Å². The first-order valence-corrected chi connectivity index (χ1v) is 7.17. The zero-order valence-electron chi connectivity index (χ0n) is 12.6. The Morgan fingerprint density at radius 1 is 0.952 bits per heavy atom. The van der Waals surface area contributed by atoms with Crippen molar-refractivity contribution in [1.82, 2.24) is 0 Å². The van der Waals surface area contributed by atoms with E-state index in [1.54, 1.807) is 14.2 Å². The smallest absolute Gasteiger partial charge is 0.147 e. The highest BCUT2D eigenvalue weighted by molar-refractivity contribution is 6.11. The van der Waals surface area contributed by atoms with Crippen LogP contribution in [0.4, 0.5) is 0 Å². The molecule has 4 radical (unpaired) electrons. The van der Waals surface area contributed by atoms with Crippen LogP contribution in [-0.4, -0.2) is 86.3 Å². The van der Waals surface area contributed by atoms with E-state index < -0.39 is 0 Å². The first-order valence-electron chi connectivity index (χ1n) is 7.17. The molecule has 0 bridgehead atoms. The van der Waals surface area contributed by atoms with Crippen molar-refractivity contribution in [3.05, 3.63) is 0 Å². The van der Waals surface area contributed by atoms with Crippen LogP contribution in [0.1, 0.15) is 12.8 Å². The second-order valence-electron chi connectivity index (χ2n) is 5.32. The van der Waals surface area contributed by atoms with E-state index in [-0.39, 0.29) is 43.2 Å². The van der Waals surface area contributed by atoms with Gasteiger partial charge in [0.25, 0.3) is 0 Å². The summed E-state index contributed by atoms with van der Waals surface area (Å²) in [5.41, 5.74) is 0. The third kappa shape index (κ3) is 4.94. The van der Waals surface area contributed by atoms with Crippen LogP contribution in [0.3, 0.4) is 0 Å². The summed E-state index contributed by atoms with van der Waals surface area (Å²) in [6.07, 6.45) is 0.825. The van der Waals surface area contributed by atoms with E-state index in [1.807, 2.05) is 0 Å². The average molecular weight is 296 g/mol. The van der Waals surface area contributed by atoms with Crippen LogP contribution in [0.25, 0.3) is 0 Å². The largest absolute Gasteiger partial charge is 0.382 e. The molecule has 2 aliphatic heterocycles. The van der Waals surface area contributed by atoms with Crippen molar-refractivity contribution < 1.29 is 28.4 Å². The van der Waals surface area contributed by atoms with E-state index >= 15 is 0 Å². The third-order valence-corrected chi connectivity index (χ3v) is 3.74. The molecule has 0 amide bonds. The van der Waals surface area contributed by atoms with Crippen molar-refractivity contribution in [2.45, 2.75) is 49.3 Å². The Morgan fingerprint density at radius 3 is 2.19 bits per heavy atom. The van der Waals surface area contributed by atoms with Gasteiger partial charge in [0.05, 0.1) is 25.4 Å². The average Bonchev–Trinajstić information content (AvgIpc) is 2.98. The van der Waals surface area contributed by atoms with Crippen LogP contribution in [0.2, 0.25) is 0 Å². The van der Waals surface area contributed by atoms with Crippen molar-refractivity contribution in [3.8, 4) is 0 Å². The summed E-state index contributed by atoms with van der Waals surface area (Å²) in [6.45, 7) is 0.970. The van der Waals surface area contributed by atoms with Gasteiger partial charge in [0.2, 0.25) is 0 Å². The van der Waals surface area contributed by atoms with Crippen LogP contribution in [0, 0.1) is 0 Å². The van der Waals surface area contributed by atoms with E-state index in [2.05, 4.69) is 0 Å². The minimum atomic E-state index is -0.316. The fraction of sp³-hybridized carbons (Fsp3) is 1.00. The summed E-state index contributed by atoms with van der Waals surface area (Å²) in [5, 5.41) is 0. The maximum Gasteiger partial charge on any atom is 0.147 e. The Kier molecular flexibility index (Phi) is 6.98. The molecule has 0 N–H and O–H groups in total. The van der Waals surface area contributed by atoms with Crippen LogP contribution < -0.4 is 0 Å². The molecule has 0 unspecified atom stereocenters. The Balaban J connectivity index is 1.65. The minimum absolute atomic E-state index is 0.0375. The molecule has 0 aromatic rings. The van der Waals surface area contributed by atoms with Crippen LogP contribution >= 0.6 is 0 Å². The quantitative estimate of drug-likeness (QED) is 0.344. The van der Waals surface area contributed by atoms with Gasteiger partial charge in [-0.1, -0.05) is 0 Å². The summed E-state index contributed by atoms with van der Waals surface area (Å²) >= 11 is 0. The van der Waals surface area contributed by atoms with E-state index in [9.17, 15) is 0 Å². The van der Waals surface area contributed by atoms with E-state index in [4.69, 9.17) is 44.1 Å². The summed E-state index contributed by atoms with van der Waals surface area (Å²) < 4.78 is 32.6. The summed E-state index contributed by atoms with van der Waals surface area (Å²) in [7, 11) is 14.7. The van der Waals surface area contributed by atoms with Gasteiger partial charge < -0.3 is 28.4 Å². The lowest BCUT2D eigenvalue weighted by molar-refractivity contribution is -0.138. The fourth-order valence-corrected chi connectivity index (χ4v) is 2.68. The van der Waals surface area contributed by atoms with Crippen molar-refractivity contribution in [2.24, 2.45) is 0 Å². The number of ether oxygens (including phenoxy) is 6.